The number of benzene rings is 1. The number of carbonyl (C=O) groups is 3. The van der Waals surface area contributed by atoms with E-state index in [1.807, 2.05) is 0 Å². The third-order valence-electron chi connectivity index (χ3n) is 3.87. The van der Waals surface area contributed by atoms with Crippen molar-refractivity contribution < 1.29 is 19.5 Å². The van der Waals surface area contributed by atoms with Crippen molar-refractivity contribution in [2.75, 3.05) is 0 Å². The second-order valence-electron chi connectivity index (χ2n) is 4.94. The highest BCUT2D eigenvalue weighted by atomic mass is 16.4. The van der Waals surface area contributed by atoms with E-state index < -0.39 is 11.9 Å². The van der Waals surface area contributed by atoms with E-state index in [0.717, 1.165) is 0 Å². The minimum Gasteiger partial charge on any atom is -0.481 e. The van der Waals surface area contributed by atoms with Crippen molar-refractivity contribution >= 4 is 17.5 Å². The Morgan fingerprint density at radius 3 is 2.21 bits per heavy atom. The van der Waals surface area contributed by atoms with Gasteiger partial charge in [0.15, 0.2) is 11.6 Å². The average molecular weight is 256 g/mol. The predicted octanol–water partition coefficient (Wildman–Crippen LogP) is 2.25. The van der Waals surface area contributed by atoms with Crippen LogP contribution in [-0.4, -0.2) is 22.6 Å². The normalized spacial score (nSPS) is 22.0. The first-order valence-electron chi connectivity index (χ1n) is 6.23. The van der Waals surface area contributed by atoms with Gasteiger partial charge in [-0.3, -0.25) is 14.4 Å². The molecule has 19 heavy (non-hydrogen) atoms. The van der Waals surface area contributed by atoms with Gasteiger partial charge >= 0.3 is 5.97 Å². The zero-order valence-corrected chi connectivity index (χ0v) is 10.2. The Bertz CT molecular complexity index is 639. The number of carbonyl (C=O) groups excluding carboxylic acids is 2. The van der Waals surface area contributed by atoms with Crippen LogP contribution in [0.3, 0.4) is 0 Å². The van der Waals surface area contributed by atoms with Gasteiger partial charge in [0.1, 0.15) is 0 Å². The standard InChI is InChI=1S/C15H12O4/c16-13-9-3-1-2-4-10(9)14(17)12-7-8(15(18)19)5-6-11(12)13/h1-4,8H,5-7H2,(H,18,19). The molecule has 0 bridgehead atoms. The van der Waals surface area contributed by atoms with Crippen molar-refractivity contribution in [1.82, 2.24) is 0 Å². The van der Waals surface area contributed by atoms with Crippen LogP contribution in [0.1, 0.15) is 40.0 Å². The number of carboxylic acid groups (broad SMARTS) is 1. The number of ketones is 2. The molecule has 0 saturated carbocycles. The second kappa shape index (κ2) is 4.16. The van der Waals surface area contributed by atoms with Gasteiger partial charge in [-0.2, -0.15) is 0 Å². The third-order valence-corrected chi connectivity index (χ3v) is 3.87. The van der Waals surface area contributed by atoms with Gasteiger partial charge in [-0.15, -0.1) is 0 Å². The molecule has 0 aromatic heterocycles. The van der Waals surface area contributed by atoms with Crippen LogP contribution in [0.2, 0.25) is 0 Å². The molecule has 0 spiro atoms. The predicted molar refractivity (Wildman–Crippen MR) is 67.1 cm³/mol. The SMILES string of the molecule is O=C1C2=C(CC(C(=O)O)CC2)C(=O)c2ccccc21. The molecule has 2 aliphatic carbocycles. The number of carboxylic acids is 1. The molecule has 2 aliphatic rings. The van der Waals surface area contributed by atoms with Crippen LogP contribution in [0.4, 0.5) is 0 Å². The zero-order valence-electron chi connectivity index (χ0n) is 10.2. The van der Waals surface area contributed by atoms with Crippen LogP contribution in [0.15, 0.2) is 35.4 Å². The van der Waals surface area contributed by atoms with Crippen molar-refractivity contribution in [1.29, 1.82) is 0 Å². The van der Waals surface area contributed by atoms with E-state index in [0.29, 0.717) is 35.1 Å². The Balaban J connectivity index is 2.08. The van der Waals surface area contributed by atoms with Crippen LogP contribution in [0, 0.1) is 5.92 Å². The Hall–Kier alpha value is -2.23. The molecule has 0 heterocycles. The number of rotatable bonds is 1. The minimum atomic E-state index is -0.898. The first-order chi connectivity index (χ1) is 9.09. The van der Waals surface area contributed by atoms with E-state index in [1.54, 1.807) is 24.3 Å². The molecular weight excluding hydrogens is 244 g/mol. The lowest BCUT2D eigenvalue weighted by Crippen LogP contribution is -2.29. The lowest BCUT2D eigenvalue weighted by Gasteiger charge is -2.27. The Morgan fingerprint density at radius 1 is 1.05 bits per heavy atom. The molecule has 96 valence electrons. The van der Waals surface area contributed by atoms with Gasteiger partial charge in [0, 0.05) is 22.3 Å². The molecule has 4 nitrogen and oxygen atoms in total. The van der Waals surface area contributed by atoms with Gasteiger partial charge < -0.3 is 5.11 Å². The van der Waals surface area contributed by atoms with E-state index in [4.69, 9.17) is 5.11 Å². The molecule has 0 saturated heterocycles. The maximum atomic E-state index is 12.4. The highest BCUT2D eigenvalue weighted by Gasteiger charge is 2.37. The Morgan fingerprint density at radius 2 is 1.63 bits per heavy atom. The summed E-state index contributed by atoms with van der Waals surface area (Å²) < 4.78 is 0. The Labute approximate surface area is 109 Å². The first-order valence-corrected chi connectivity index (χ1v) is 6.23. The van der Waals surface area contributed by atoms with E-state index in [1.165, 1.54) is 0 Å². The summed E-state index contributed by atoms with van der Waals surface area (Å²) in [5, 5.41) is 9.06. The third kappa shape index (κ3) is 1.71. The molecular formula is C15H12O4. The second-order valence-corrected chi connectivity index (χ2v) is 4.94. The quantitative estimate of drug-likeness (QED) is 0.836. The fourth-order valence-electron chi connectivity index (χ4n) is 2.84. The average Bonchev–Trinajstić information content (AvgIpc) is 2.44. The van der Waals surface area contributed by atoms with E-state index in [9.17, 15) is 14.4 Å². The van der Waals surface area contributed by atoms with E-state index in [2.05, 4.69) is 0 Å². The van der Waals surface area contributed by atoms with Gasteiger partial charge in [0.05, 0.1) is 5.92 Å². The number of hydrogen-bond donors (Lipinski definition) is 1. The van der Waals surface area contributed by atoms with Gasteiger partial charge in [-0.25, -0.2) is 0 Å². The lowest BCUT2D eigenvalue weighted by atomic mass is 9.74. The van der Waals surface area contributed by atoms with Gasteiger partial charge in [0.2, 0.25) is 0 Å². The Kier molecular flexibility index (Phi) is 2.59. The molecule has 3 rings (SSSR count). The molecule has 0 aliphatic heterocycles. The molecule has 1 N–H and O–H groups in total. The molecule has 0 amide bonds. The summed E-state index contributed by atoms with van der Waals surface area (Å²) in [7, 11) is 0. The maximum absolute atomic E-state index is 12.4. The van der Waals surface area contributed by atoms with Crippen LogP contribution in [-0.2, 0) is 4.79 Å². The molecule has 4 heteroatoms. The van der Waals surface area contributed by atoms with Gasteiger partial charge in [0.25, 0.3) is 0 Å². The van der Waals surface area contributed by atoms with Crippen LogP contribution in [0.25, 0.3) is 0 Å². The molecule has 1 atom stereocenters. The maximum Gasteiger partial charge on any atom is 0.306 e. The smallest absolute Gasteiger partial charge is 0.306 e. The highest BCUT2D eigenvalue weighted by molar-refractivity contribution is 6.27. The number of hydrogen-bond acceptors (Lipinski definition) is 3. The fraction of sp³-hybridized carbons (Fsp3) is 0.267. The summed E-state index contributed by atoms with van der Waals surface area (Å²) in [6.07, 6.45) is 0.976. The van der Waals surface area contributed by atoms with Crippen molar-refractivity contribution in [2.45, 2.75) is 19.3 Å². The summed E-state index contributed by atoms with van der Waals surface area (Å²) in [5.41, 5.74) is 1.76. The first kappa shape index (κ1) is 11.8. The molecule has 0 fully saturated rings. The number of Topliss-reactive ketones (excluding diaryl/α,β-unsaturated/α-hetero) is 2. The molecule has 1 unspecified atom stereocenters. The van der Waals surface area contributed by atoms with Crippen molar-refractivity contribution in [3.8, 4) is 0 Å². The topological polar surface area (TPSA) is 71.4 Å². The van der Waals surface area contributed by atoms with E-state index in [-0.39, 0.29) is 18.0 Å². The minimum absolute atomic E-state index is 0.117. The van der Waals surface area contributed by atoms with Crippen molar-refractivity contribution in [3.05, 3.63) is 46.5 Å². The number of aliphatic carboxylic acids is 1. The summed E-state index contributed by atoms with van der Waals surface area (Å²) in [5.74, 6) is -1.75. The van der Waals surface area contributed by atoms with Crippen molar-refractivity contribution in [3.63, 3.8) is 0 Å². The summed E-state index contributed by atoms with van der Waals surface area (Å²) in [6.45, 7) is 0. The van der Waals surface area contributed by atoms with Crippen LogP contribution in [0.5, 0.6) is 0 Å². The summed E-state index contributed by atoms with van der Waals surface area (Å²) in [4.78, 5) is 35.7. The zero-order chi connectivity index (χ0) is 13.6. The fourth-order valence-corrected chi connectivity index (χ4v) is 2.84. The van der Waals surface area contributed by atoms with Gasteiger partial charge in [-0.1, -0.05) is 24.3 Å². The summed E-state index contributed by atoms with van der Waals surface area (Å²) in [6, 6.07) is 6.73. The monoisotopic (exact) mass is 256 g/mol. The van der Waals surface area contributed by atoms with Gasteiger partial charge in [-0.05, 0) is 19.3 Å². The number of allylic oxidation sites excluding steroid dienone is 2. The molecule has 1 aromatic carbocycles. The van der Waals surface area contributed by atoms with Crippen LogP contribution < -0.4 is 0 Å². The van der Waals surface area contributed by atoms with Crippen LogP contribution >= 0.6 is 0 Å². The lowest BCUT2D eigenvalue weighted by molar-refractivity contribution is -0.142. The van der Waals surface area contributed by atoms with E-state index >= 15 is 0 Å². The van der Waals surface area contributed by atoms with Crippen molar-refractivity contribution in [2.24, 2.45) is 5.92 Å². The largest absolute Gasteiger partial charge is 0.481 e. The molecule has 0 radical (unpaired) electrons. The number of fused-ring (bicyclic) bond motifs is 1. The molecule has 1 aromatic rings. The summed E-state index contributed by atoms with van der Waals surface area (Å²) >= 11 is 0. The highest BCUT2D eigenvalue weighted by Crippen LogP contribution is 2.37.